The highest BCUT2D eigenvalue weighted by molar-refractivity contribution is 5.03. The van der Waals surface area contributed by atoms with Crippen LogP contribution in [0.1, 0.15) is 70.0 Å². The molecule has 1 aromatic heterocycles. The fourth-order valence-corrected chi connectivity index (χ4v) is 3.00. The SMILES string of the molecule is CCCn1nncc1C(N)C1CCCCCCC1. The lowest BCUT2D eigenvalue weighted by atomic mass is 9.85. The van der Waals surface area contributed by atoms with Crippen molar-refractivity contribution in [1.29, 1.82) is 0 Å². The van der Waals surface area contributed by atoms with Gasteiger partial charge in [0.05, 0.1) is 17.9 Å². The highest BCUT2D eigenvalue weighted by atomic mass is 15.4. The van der Waals surface area contributed by atoms with Crippen LogP contribution in [-0.4, -0.2) is 15.0 Å². The summed E-state index contributed by atoms with van der Waals surface area (Å²) < 4.78 is 1.99. The van der Waals surface area contributed by atoms with Crippen LogP contribution in [0.3, 0.4) is 0 Å². The Morgan fingerprint density at radius 1 is 1.28 bits per heavy atom. The van der Waals surface area contributed by atoms with Gasteiger partial charge in [-0.15, -0.1) is 5.10 Å². The van der Waals surface area contributed by atoms with Crippen molar-refractivity contribution in [3.05, 3.63) is 11.9 Å². The molecule has 0 amide bonds. The van der Waals surface area contributed by atoms with Gasteiger partial charge in [0.2, 0.25) is 0 Å². The van der Waals surface area contributed by atoms with E-state index in [1.54, 1.807) is 0 Å². The van der Waals surface area contributed by atoms with Crippen molar-refractivity contribution in [2.75, 3.05) is 0 Å². The summed E-state index contributed by atoms with van der Waals surface area (Å²) in [5, 5.41) is 8.18. The average molecular weight is 250 g/mol. The molecule has 1 aliphatic rings. The monoisotopic (exact) mass is 250 g/mol. The van der Waals surface area contributed by atoms with Crippen molar-refractivity contribution in [3.63, 3.8) is 0 Å². The zero-order chi connectivity index (χ0) is 12.8. The van der Waals surface area contributed by atoms with Crippen LogP contribution in [0.15, 0.2) is 6.20 Å². The van der Waals surface area contributed by atoms with Crippen molar-refractivity contribution in [2.45, 2.75) is 70.9 Å². The molecule has 0 bridgehead atoms. The summed E-state index contributed by atoms with van der Waals surface area (Å²) in [4.78, 5) is 0. The van der Waals surface area contributed by atoms with E-state index < -0.39 is 0 Å². The van der Waals surface area contributed by atoms with E-state index in [-0.39, 0.29) is 6.04 Å². The lowest BCUT2D eigenvalue weighted by Crippen LogP contribution is -2.25. The molecule has 1 heterocycles. The smallest absolute Gasteiger partial charge is 0.0757 e. The summed E-state index contributed by atoms with van der Waals surface area (Å²) in [6.45, 7) is 3.09. The third kappa shape index (κ3) is 3.31. The molecule has 0 saturated heterocycles. The van der Waals surface area contributed by atoms with Crippen LogP contribution < -0.4 is 5.73 Å². The summed E-state index contributed by atoms with van der Waals surface area (Å²) in [5.41, 5.74) is 7.59. The molecule has 4 nitrogen and oxygen atoms in total. The normalized spacial score (nSPS) is 20.3. The van der Waals surface area contributed by atoms with Crippen LogP contribution in [0.4, 0.5) is 0 Å². The number of nitrogens with zero attached hydrogens (tertiary/aromatic N) is 3. The molecule has 1 aromatic rings. The molecule has 2 rings (SSSR count). The van der Waals surface area contributed by atoms with Gasteiger partial charge in [0, 0.05) is 6.54 Å². The first-order valence-corrected chi connectivity index (χ1v) is 7.47. The van der Waals surface area contributed by atoms with Crippen molar-refractivity contribution >= 4 is 0 Å². The van der Waals surface area contributed by atoms with Gasteiger partial charge in [-0.1, -0.05) is 44.2 Å². The minimum absolute atomic E-state index is 0.115. The molecule has 0 aromatic carbocycles. The molecule has 1 fully saturated rings. The van der Waals surface area contributed by atoms with E-state index >= 15 is 0 Å². The quantitative estimate of drug-likeness (QED) is 0.893. The van der Waals surface area contributed by atoms with Gasteiger partial charge >= 0.3 is 0 Å². The Balaban J connectivity index is 2.03. The maximum Gasteiger partial charge on any atom is 0.0757 e. The zero-order valence-corrected chi connectivity index (χ0v) is 11.5. The molecule has 4 heteroatoms. The Hall–Kier alpha value is -0.900. The Kier molecular flexibility index (Phi) is 5.17. The second-order valence-corrected chi connectivity index (χ2v) is 5.51. The van der Waals surface area contributed by atoms with Crippen LogP contribution in [0.25, 0.3) is 0 Å². The molecule has 1 aliphatic carbocycles. The van der Waals surface area contributed by atoms with Crippen molar-refractivity contribution in [3.8, 4) is 0 Å². The van der Waals surface area contributed by atoms with Crippen molar-refractivity contribution < 1.29 is 0 Å². The first-order chi connectivity index (χ1) is 8.83. The lowest BCUT2D eigenvalue weighted by molar-refractivity contribution is 0.315. The fourth-order valence-electron chi connectivity index (χ4n) is 3.00. The first kappa shape index (κ1) is 13.5. The molecule has 1 saturated carbocycles. The van der Waals surface area contributed by atoms with E-state index in [0.29, 0.717) is 5.92 Å². The predicted octanol–water partition coefficient (Wildman–Crippen LogP) is 3.05. The third-order valence-electron chi connectivity index (χ3n) is 4.08. The predicted molar refractivity (Wildman–Crippen MR) is 73.1 cm³/mol. The average Bonchev–Trinajstić information content (AvgIpc) is 2.76. The van der Waals surface area contributed by atoms with Crippen molar-refractivity contribution in [2.24, 2.45) is 11.7 Å². The van der Waals surface area contributed by atoms with E-state index in [9.17, 15) is 0 Å². The molecular formula is C14H26N4. The summed E-state index contributed by atoms with van der Waals surface area (Å²) in [6.07, 6.45) is 12.3. The number of aryl methyl sites for hydroxylation is 1. The highest BCUT2D eigenvalue weighted by Gasteiger charge is 2.23. The fraction of sp³-hybridized carbons (Fsp3) is 0.857. The maximum absolute atomic E-state index is 6.46. The summed E-state index contributed by atoms with van der Waals surface area (Å²) in [7, 11) is 0. The maximum atomic E-state index is 6.46. The standard InChI is InChI=1S/C14H26N4/c1-2-10-18-13(11-16-17-18)14(15)12-8-6-4-3-5-7-9-12/h11-12,14H,2-10,15H2,1H3. The van der Waals surface area contributed by atoms with Gasteiger partial charge in [-0.2, -0.15) is 0 Å². The molecule has 18 heavy (non-hydrogen) atoms. The first-order valence-electron chi connectivity index (χ1n) is 7.47. The lowest BCUT2D eigenvalue weighted by Gasteiger charge is -2.25. The van der Waals surface area contributed by atoms with E-state index in [4.69, 9.17) is 5.73 Å². The molecule has 1 atom stereocenters. The number of hydrogen-bond acceptors (Lipinski definition) is 3. The Bertz CT molecular complexity index is 339. The Morgan fingerprint density at radius 2 is 1.94 bits per heavy atom. The van der Waals surface area contributed by atoms with Gasteiger partial charge in [0.25, 0.3) is 0 Å². The number of nitrogens with two attached hydrogens (primary N) is 1. The summed E-state index contributed by atoms with van der Waals surface area (Å²) >= 11 is 0. The number of hydrogen-bond donors (Lipinski definition) is 1. The van der Waals surface area contributed by atoms with Crippen LogP contribution >= 0.6 is 0 Å². The minimum atomic E-state index is 0.115. The molecule has 102 valence electrons. The zero-order valence-electron chi connectivity index (χ0n) is 11.5. The Morgan fingerprint density at radius 3 is 2.61 bits per heavy atom. The number of rotatable bonds is 4. The van der Waals surface area contributed by atoms with Crippen LogP contribution in [0.2, 0.25) is 0 Å². The molecule has 0 aliphatic heterocycles. The van der Waals surface area contributed by atoms with E-state index in [2.05, 4.69) is 17.2 Å². The molecule has 0 spiro atoms. The second kappa shape index (κ2) is 6.88. The van der Waals surface area contributed by atoms with Gasteiger partial charge in [-0.05, 0) is 25.2 Å². The van der Waals surface area contributed by atoms with Crippen LogP contribution in [0, 0.1) is 5.92 Å². The van der Waals surface area contributed by atoms with E-state index in [1.165, 1.54) is 44.9 Å². The highest BCUT2D eigenvalue weighted by Crippen LogP contribution is 2.31. The van der Waals surface area contributed by atoms with Crippen LogP contribution in [-0.2, 0) is 6.54 Å². The van der Waals surface area contributed by atoms with Gasteiger partial charge in [-0.25, -0.2) is 4.68 Å². The topological polar surface area (TPSA) is 56.7 Å². The van der Waals surface area contributed by atoms with Crippen LogP contribution in [0.5, 0.6) is 0 Å². The Labute approximate surface area is 110 Å². The summed E-state index contributed by atoms with van der Waals surface area (Å²) in [5.74, 6) is 0.611. The minimum Gasteiger partial charge on any atom is -0.322 e. The molecular weight excluding hydrogens is 224 g/mol. The molecule has 0 radical (unpaired) electrons. The largest absolute Gasteiger partial charge is 0.322 e. The van der Waals surface area contributed by atoms with Gasteiger partial charge < -0.3 is 5.73 Å². The van der Waals surface area contributed by atoms with E-state index in [0.717, 1.165) is 18.7 Å². The van der Waals surface area contributed by atoms with Gasteiger partial charge in [-0.3, -0.25) is 0 Å². The third-order valence-corrected chi connectivity index (χ3v) is 4.08. The molecule has 1 unspecified atom stereocenters. The van der Waals surface area contributed by atoms with Gasteiger partial charge in [0.1, 0.15) is 0 Å². The second-order valence-electron chi connectivity index (χ2n) is 5.51. The van der Waals surface area contributed by atoms with E-state index in [1.807, 2.05) is 10.9 Å². The van der Waals surface area contributed by atoms with Crippen molar-refractivity contribution in [1.82, 2.24) is 15.0 Å². The van der Waals surface area contributed by atoms with Gasteiger partial charge in [0.15, 0.2) is 0 Å². The summed E-state index contributed by atoms with van der Waals surface area (Å²) in [6, 6.07) is 0.115. The number of aromatic nitrogens is 3. The molecule has 2 N–H and O–H groups in total.